The second-order valence-electron chi connectivity index (χ2n) is 5.61. The van der Waals surface area contributed by atoms with Crippen LogP contribution in [0.2, 0.25) is 0 Å². The second kappa shape index (κ2) is 4.01. The molecule has 0 spiro atoms. The minimum atomic E-state index is 0.768. The summed E-state index contributed by atoms with van der Waals surface area (Å²) in [6.07, 6.45) is 12.1. The van der Waals surface area contributed by atoms with Gasteiger partial charge in [-0.15, -0.1) is 0 Å². The Labute approximate surface area is 107 Å². The molecular formula is C15H19N3. The Morgan fingerprint density at radius 3 is 3.00 bits per heavy atom. The van der Waals surface area contributed by atoms with Crippen molar-refractivity contribution in [3.05, 3.63) is 24.0 Å². The van der Waals surface area contributed by atoms with Crippen molar-refractivity contribution in [2.24, 2.45) is 0 Å². The van der Waals surface area contributed by atoms with Gasteiger partial charge in [-0.05, 0) is 37.3 Å². The summed E-state index contributed by atoms with van der Waals surface area (Å²) in [6.45, 7) is 1.22. The standard InChI is InChI=1S/C15H19N3/c1-2-6-12(5-1)18-9-3-4-11-10-17-15-13(14(11)18)7-8-16-15/h7-8,10,12H,1-6,9H2,(H,16,17). The molecule has 4 rings (SSSR count). The smallest absolute Gasteiger partial charge is 0.139 e. The Balaban J connectivity index is 1.87. The van der Waals surface area contributed by atoms with Crippen LogP contribution < -0.4 is 4.90 Å². The molecule has 3 heteroatoms. The van der Waals surface area contributed by atoms with Gasteiger partial charge in [-0.2, -0.15) is 0 Å². The third kappa shape index (κ3) is 1.46. The van der Waals surface area contributed by atoms with Crippen molar-refractivity contribution in [1.82, 2.24) is 9.97 Å². The van der Waals surface area contributed by atoms with Gasteiger partial charge in [0.1, 0.15) is 5.65 Å². The molecule has 1 aliphatic carbocycles. The van der Waals surface area contributed by atoms with Gasteiger partial charge in [0.2, 0.25) is 0 Å². The molecule has 2 aromatic rings. The molecule has 1 N–H and O–H groups in total. The lowest BCUT2D eigenvalue weighted by Crippen LogP contribution is -2.37. The van der Waals surface area contributed by atoms with Crippen LogP contribution in [0.5, 0.6) is 0 Å². The highest BCUT2D eigenvalue weighted by atomic mass is 15.2. The molecule has 18 heavy (non-hydrogen) atoms. The van der Waals surface area contributed by atoms with Gasteiger partial charge in [-0.1, -0.05) is 12.8 Å². The normalized spacial score (nSPS) is 20.6. The van der Waals surface area contributed by atoms with Crippen LogP contribution in [-0.2, 0) is 6.42 Å². The second-order valence-corrected chi connectivity index (χ2v) is 5.61. The Morgan fingerprint density at radius 1 is 1.22 bits per heavy atom. The van der Waals surface area contributed by atoms with E-state index in [0.29, 0.717) is 0 Å². The molecule has 0 bridgehead atoms. The van der Waals surface area contributed by atoms with Crippen molar-refractivity contribution in [2.45, 2.75) is 44.6 Å². The monoisotopic (exact) mass is 241 g/mol. The van der Waals surface area contributed by atoms with Crippen molar-refractivity contribution >= 4 is 16.7 Å². The summed E-state index contributed by atoms with van der Waals surface area (Å²) in [4.78, 5) is 10.4. The number of nitrogens with zero attached hydrogens (tertiary/aromatic N) is 2. The van der Waals surface area contributed by atoms with E-state index in [1.54, 1.807) is 0 Å². The highest BCUT2D eigenvalue weighted by Crippen LogP contribution is 2.38. The van der Waals surface area contributed by atoms with Gasteiger partial charge < -0.3 is 9.88 Å². The number of aryl methyl sites for hydroxylation is 1. The lowest BCUT2D eigenvalue weighted by atomic mass is 9.99. The predicted molar refractivity (Wildman–Crippen MR) is 74.0 cm³/mol. The zero-order valence-corrected chi connectivity index (χ0v) is 10.7. The number of aromatic nitrogens is 2. The molecule has 3 nitrogen and oxygen atoms in total. The first-order valence-corrected chi connectivity index (χ1v) is 7.15. The van der Waals surface area contributed by atoms with E-state index in [1.165, 1.54) is 61.7 Å². The number of fused-ring (bicyclic) bond motifs is 3. The molecule has 2 aromatic heterocycles. The van der Waals surface area contributed by atoms with E-state index >= 15 is 0 Å². The number of hydrogen-bond acceptors (Lipinski definition) is 2. The van der Waals surface area contributed by atoms with E-state index in [4.69, 9.17) is 0 Å². The van der Waals surface area contributed by atoms with E-state index in [-0.39, 0.29) is 0 Å². The molecule has 0 saturated heterocycles. The molecule has 0 radical (unpaired) electrons. The van der Waals surface area contributed by atoms with Crippen LogP contribution >= 0.6 is 0 Å². The zero-order valence-electron chi connectivity index (χ0n) is 10.7. The minimum absolute atomic E-state index is 0.768. The van der Waals surface area contributed by atoms with E-state index in [0.717, 1.165) is 11.7 Å². The molecule has 2 aliphatic rings. The van der Waals surface area contributed by atoms with Crippen LogP contribution in [0.1, 0.15) is 37.7 Å². The first kappa shape index (κ1) is 10.4. The maximum absolute atomic E-state index is 4.53. The number of anilines is 1. The van der Waals surface area contributed by atoms with Gasteiger partial charge in [-0.25, -0.2) is 4.98 Å². The van der Waals surface area contributed by atoms with E-state index in [2.05, 4.69) is 27.1 Å². The lowest BCUT2D eigenvalue weighted by molar-refractivity contribution is 0.573. The van der Waals surface area contributed by atoms with Crippen molar-refractivity contribution in [1.29, 1.82) is 0 Å². The third-order valence-electron chi connectivity index (χ3n) is 4.53. The molecule has 0 unspecified atom stereocenters. The predicted octanol–water partition coefficient (Wildman–Crippen LogP) is 3.26. The molecule has 0 atom stereocenters. The summed E-state index contributed by atoms with van der Waals surface area (Å²) >= 11 is 0. The van der Waals surface area contributed by atoms with Crippen molar-refractivity contribution in [2.75, 3.05) is 11.4 Å². The molecular weight excluding hydrogens is 222 g/mol. The number of nitrogens with one attached hydrogen (secondary N) is 1. The number of rotatable bonds is 1. The van der Waals surface area contributed by atoms with Gasteiger partial charge in [-0.3, -0.25) is 0 Å². The van der Waals surface area contributed by atoms with Gasteiger partial charge in [0.15, 0.2) is 0 Å². The topological polar surface area (TPSA) is 31.9 Å². The molecule has 1 saturated carbocycles. The van der Waals surface area contributed by atoms with Gasteiger partial charge in [0, 0.05) is 30.4 Å². The van der Waals surface area contributed by atoms with Crippen molar-refractivity contribution in [3.8, 4) is 0 Å². The number of hydrogen-bond donors (Lipinski definition) is 1. The summed E-state index contributed by atoms with van der Waals surface area (Å²) in [6, 6.07) is 2.96. The first-order valence-electron chi connectivity index (χ1n) is 7.15. The largest absolute Gasteiger partial charge is 0.368 e. The summed E-state index contributed by atoms with van der Waals surface area (Å²) in [7, 11) is 0. The molecule has 3 heterocycles. The molecule has 0 amide bonds. The lowest BCUT2D eigenvalue weighted by Gasteiger charge is -2.36. The van der Waals surface area contributed by atoms with Gasteiger partial charge in [0.25, 0.3) is 0 Å². The molecule has 1 fully saturated rings. The van der Waals surface area contributed by atoms with Crippen LogP contribution in [0, 0.1) is 0 Å². The first-order chi connectivity index (χ1) is 8.93. The SMILES string of the molecule is c1cc2c3c(cnc2[nH]1)CCCN3C1CCCC1. The summed E-state index contributed by atoms with van der Waals surface area (Å²) in [5.74, 6) is 0. The Kier molecular flexibility index (Phi) is 2.32. The molecule has 0 aromatic carbocycles. The van der Waals surface area contributed by atoms with Crippen LogP contribution in [0.15, 0.2) is 18.5 Å². The molecule has 94 valence electrons. The maximum Gasteiger partial charge on any atom is 0.139 e. The summed E-state index contributed by atoms with van der Waals surface area (Å²) < 4.78 is 0. The third-order valence-corrected chi connectivity index (χ3v) is 4.53. The fraction of sp³-hybridized carbons (Fsp3) is 0.533. The summed E-state index contributed by atoms with van der Waals surface area (Å²) in [5.41, 5.74) is 3.96. The van der Waals surface area contributed by atoms with E-state index < -0.39 is 0 Å². The van der Waals surface area contributed by atoms with Crippen LogP contribution in [-0.4, -0.2) is 22.6 Å². The highest BCUT2D eigenvalue weighted by Gasteiger charge is 2.28. The highest BCUT2D eigenvalue weighted by molar-refractivity contribution is 5.92. The van der Waals surface area contributed by atoms with E-state index in [9.17, 15) is 0 Å². The average molecular weight is 241 g/mol. The van der Waals surface area contributed by atoms with Gasteiger partial charge in [0.05, 0.1) is 5.69 Å². The number of pyridine rings is 1. The van der Waals surface area contributed by atoms with Crippen molar-refractivity contribution in [3.63, 3.8) is 0 Å². The fourth-order valence-electron chi connectivity index (χ4n) is 3.69. The quantitative estimate of drug-likeness (QED) is 0.831. The van der Waals surface area contributed by atoms with E-state index in [1.807, 2.05) is 6.20 Å². The zero-order chi connectivity index (χ0) is 11.9. The Hall–Kier alpha value is -1.51. The molecule has 1 aliphatic heterocycles. The number of aromatic amines is 1. The van der Waals surface area contributed by atoms with Crippen LogP contribution in [0.3, 0.4) is 0 Å². The average Bonchev–Trinajstić information content (AvgIpc) is 3.09. The summed E-state index contributed by atoms with van der Waals surface area (Å²) in [5, 5.41) is 1.32. The maximum atomic E-state index is 4.53. The van der Waals surface area contributed by atoms with Gasteiger partial charge >= 0.3 is 0 Å². The van der Waals surface area contributed by atoms with Crippen LogP contribution in [0.4, 0.5) is 5.69 Å². The van der Waals surface area contributed by atoms with Crippen molar-refractivity contribution < 1.29 is 0 Å². The minimum Gasteiger partial charge on any atom is -0.368 e. The fourth-order valence-corrected chi connectivity index (χ4v) is 3.69. The number of H-pyrrole nitrogens is 1. The Bertz CT molecular complexity index is 566. The van der Waals surface area contributed by atoms with Crippen LogP contribution in [0.25, 0.3) is 11.0 Å². The Morgan fingerprint density at radius 2 is 2.11 bits per heavy atom.